The third kappa shape index (κ3) is 5.29. The van der Waals surface area contributed by atoms with Gasteiger partial charge >= 0.3 is 0 Å². The number of rotatable bonds is 7. The van der Waals surface area contributed by atoms with E-state index < -0.39 is 15.7 Å². The highest BCUT2D eigenvalue weighted by Crippen LogP contribution is 2.39. The van der Waals surface area contributed by atoms with Gasteiger partial charge in [-0.2, -0.15) is 0 Å². The molecule has 0 radical (unpaired) electrons. The summed E-state index contributed by atoms with van der Waals surface area (Å²) in [6, 6.07) is 18.1. The SMILES string of the molecule is Cc1ccc(Br)nc1C[C@@H](CC(C)(C)S(N)=O)c1ccccc1-c1noc2cc(Br)ccc12. The van der Waals surface area contributed by atoms with Gasteiger partial charge in [0.25, 0.3) is 0 Å². The van der Waals surface area contributed by atoms with Crippen LogP contribution in [0, 0.1) is 6.92 Å². The smallest absolute Gasteiger partial charge is 0.168 e. The van der Waals surface area contributed by atoms with E-state index in [-0.39, 0.29) is 5.92 Å². The van der Waals surface area contributed by atoms with Crippen molar-refractivity contribution in [2.75, 3.05) is 0 Å². The first kappa shape index (κ1) is 24.3. The average molecular weight is 591 g/mol. The van der Waals surface area contributed by atoms with Crippen molar-refractivity contribution >= 4 is 53.8 Å². The van der Waals surface area contributed by atoms with Crippen LogP contribution in [-0.4, -0.2) is 19.1 Å². The summed E-state index contributed by atoms with van der Waals surface area (Å²) < 4.78 is 19.2. The van der Waals surface area contributed by atoms with Gasteiger partial charge in [0.2, 0.25) is 0 Å². The number of pyridine rings is 1. The molecule has 0 bridgehead atoms. The zero-order valence-corrected chi connectivity index (χ0v) is 22.6. The average Bonchev–Trinajstić information content (AvgIpc) is 3.18. The quantitative estimate of drug-likeness (QED) is 0.239. The van der Waals surface area contributed by atoms with Crippen molar-refractivity contribution in [3.63, 3.8) is 0 Å². The topological polar surface area (TPSA) is 82.0 Å². The standard InChI is InChI=1S/C25H25Br2N3O2S/c1-15-8-11-23(27)29-21(15)12-16(14-25(2,3)33(28)31)18-6-4-5-7-19(18)24-20-10-9-17(26)13-22(20)32-30-24/h4-11,13,16H,12,14,28H2,1-3H3/t16-,33?/m0/s1. The van der Waals surface area contributed by atoms with E-state index in [1.165, 1.54) is 0 Å². The molecule has 1 unspecified atom stereocenters. The Morgan fingerprint density at radius 2 is 1.88 bits per heavy atom. The molecule has 4 rings (SSSR count). The Morgan fingerprint density at radius 1 is 1.12 bits per heavy atom. The summed E-state index contributed by atoms with van der Waals surface area (Å²) in [5.41, 5.74) is 5.73. The Balaban J connectivity index is 1.85. The van der Waals surface area contributed by atoms with Gasteiger partial charge in [0.15, 0.2) is 5.58 Å². The molecule has 33 heavy (non-hydrogen) atoms. The minimum Gasteiger partial charge on any atom is -0.356 e. The molecule has 0 saturated heterocycles. The van der Waals surface area contributed by atoms with Gasteiger partial charge in [-0.3, -0.25) is 5.14 Å². The molecule has 4 aromatic rings. The van der Waals surface area contributed by atoms with E-state index in [1.54, 1.807) is 0 Å². The number of nitrogens with two attached hydrogens (primary N) is 1. The van der Waals surface area contributed by atoms with Crippen LogP contribution in [0.15, 0.2) is 68.2 Å². The highest BCUT2D eigenvalue weighted by atomic mass is 79.9. The molecule has 2 aromatic heterocycles. The van der Waals surface area contributed by atoms with Crippen LogP contribution in [0.4, 0.5) is 0 Å². The second kappa shape index (κ2) is 9.78. The predicted molar refractivity (Wildman–Crippen MR) is 141 cm³/mol. The first-order chi connectivity index (χ1) is 15.7. The van der Waals surface area contributed by atoms with E-state index in [4.69, 9.17) is 14.6 Å². The minimum atomic E-state index is -1.48. The molecule has 0 aliphatic carbocycles. The maximum absolute atomic E-state index is 12.4. The fraction of sp³-hybridized carbons (Fsp3) is 0.280. The summed E-state index contributed by atoms with van der Waals surface area (Å²) in [6.45, 7) is 5.96. The fourth-order valence-corrected chi connectivity index (χ4v) is 5.18. The summed E-state index contributed by atoms with van der Waals surface area (Å²) in [5, 5.41) is 11.2. The first-order valence-corrected chi connectivity index (χ1v) is 13.4. The molecule has 5 nitrogen and oxygen atoms in total. The zero-order chi connectivity index (χ0) is 23.8. The summed E-state index contributed by atoms with van der Waals surface area (Å²) >= 11 is 6.99. The second-order valence-corrected chi connectivity index (χ2v) is 12.2. The third-order valence-corrected chi connectivity index (χ3v) is 8.17. The molecule has 2 heterocycles. The van der Waals surface area contributed by atoms with E-state index in [2.05, 4.69) is 62.1 Å². The van der Waals surface area contributed by atoms with Gasteiger partial charge < -0.3 is 4.52 Å². The number of halogens is 2. The number of nitrogens with zero attached hydrogens (tertiary/aromatic N) is 2. The first-order valence-electron chi connectivity index (χ1n) is 10.6. The van der Waals surface area contributed by atoms with E-state index in [0.29, 0.717) is 12.8 Å². The predicted octanol–water partition coefficient (Wildman–Crippen LogP) is 6.84. The van der Waals surface area contributed by atoms with Gasteiger partial charge in [-0.25, -0.2) is 9.19 Å². The lowest BCUT2D eigenvalue weighted by Gasteiger charge is -2.29. The molecule has 0 saturated carbocycles. The fourth-order valence-electron chi connectivity index (χ4n) is 4.13. The lowest BCUT2D eigenvalue weighted by molar-refractivity contribution is 0.459. The van der Waals surface area contributed by atoms with Gasteiger partial charge in [0.1, 0.15) is 10.3 Å². The molecule has 0 aliphatic heterocycles. The van der Waals surface area contributed by atoms with Crippen molar-refractivity contribution < 1.29 is 8.73 Å². The molecule has 0 spiro atoms. The third-order valence-electron chi connectivity index (χ3n) is 5.98. The number of hydrogen-bond donors (Lipinski definition) is 1. The Kier molecular flexibility index (Phi) is 7.19. The number of aromatic nitrogens is 2. The normalized spacial score (nSPS) is 13.9. The zero-order valence-electron chi connectivity index (χ0n) is 18.6. The van der Waals surface area contributed by atoms with Crippen molar-refractivity contribution in [2.24, 2.45) is 5.14 Å². The largest absolute Gasteiger partial charge is 0.356 e. The molecular formula is C25H25Br2N3O2S. The van der Waals surface area contributed by atoms with Crippen molar-refractivity contribution in [2.45, 2.75) is 44.3 Å². The molecule has 2 atom stereocenters. The molecule has 0 aliphatic rings. The van der Waals surface area contributed by atoms with Gasteiger partial charge in [-0.15, -0.1) is 0 Å². The van der Waals surface area contributed by atoms with E-state index >= 15 is 0 Å². The van der Waals surface area contributed by atoms with Gasteiger partial charge in [0.05, 0.1) is 15.7 Å². The highest BCUT2D eigenvalue weighted by molar-refractivity contribution is 9.10. The Morgan fingerprint density at radius 3 is 2.64 bits per heavy atom. The Hall–Kier alpha value is -1.87. The van der Waals surface area contributed by atoms with Gasteiger partial charge in [0, 0.05) is 21.1 Å². The Labute approximate surface area is 213 Å². The van der Waals surface area contributed by atoms with Crippen molar-refractivity contribution in [3.05, 3.63) is 80.5 Å². The van der Waals surface area contributed by atoms with Crippen LogP contribution in [0.3, 0.4) is 0 Å². The monoisotopic (exact) mass is 589 g/mol. The Bertz CT molecular complexity index is 1340. The molecule has 2 N–H and O–H groups in total. The minimum absolute atomic E-state index is 0.0198. The highest BCUT2D eigenvalue weighted by Gasteiger charge is 2.31. The summed E-state index contributed by atoms with van der Waals surface area (Å²) in [7, 11) is -1.48. The van der Waals surface area contributed by atoms with Crippen LogP contribution in [-0.2, 0) is 17.4 Å². The van der Waals surface area contributed by atoms with Crippen LogP contribution >= 0.6 is 31.9 Å². The van der Waals surface area contributed by atoms with Crippen LogP contribution in [0.5, 0.6) is 0 Å². The number of benzene rings is 2. The van der Waals surface area contributed by atoms with Crippen LogP contribution in [0.1, 0.15) is 43.0 Å². The molecule has 0 fully saturated rings. The van der Waals surface area contributed by atoms with E-state index in [9.17, 15) is 4.21 Å². The van der Waals surface area contributed by atoms with Gasteiger partial charge in [-0.05, 0) is 90.9 Å². The number of hydrogen-bond acceptors (Lipinski definition) is 4. The van der Waals surface area contributed by atoms with Crippen LogP contribution in [0.25, 0.3) is 22.2 Å². The maximum Gasteiger partial charge on any atom is 0.168 e. The van der Waals surface area contributed by atoms with Crippen LogP contribution < -0.4 is 5.14 Å². The summed E-state index contributed by atoms with van der Waals surface area (Å²) in [5.74, 6) is 0.0198. The molecule has 8 heteroatoms. The van der Waals surface area contributed by atoms with Crippen LogP contribution in [0.2, 0.25) is 0 Å². The second-order valence-electron chi connectivity index (χ2n) is 8.82. The molecule has 0 amide bonds. The van der Waals surface area contributed by atoms with Gasteiger partial charge in [-0.1, -0.05) is 51.4 Å². The van der Waals surface area contributed by atoms with Crippen molar-refractivity contribution in [1.82, 2.24) is 10.1 Å². The number of fused-ring (bicyclic) bond motifs is 1. The lowest BCUT2D eigenvalue weighted by Crippen LogP contribution is -2.34. The lowest BCUT2D eigenvalue weighted by atomic mass is 9.82. The number of aryl methyl sites for hydroxylation is 1. The molecule has 172 valence electrons. The summed E-state index contributed by atoms with van der Waals surface area (Å²) in [4.78, 5) is 4.74. The van der Waals surface area contributed by atoms with E-state index in [1.807, 2.05) is 50.2 Å². The van der Waals surface area contributed by atoms with Crippen molar-refractivity contribution in [1.29, 1.82) is 0 Å². The van der Waals surface area contributed by atoms with E-state index in [0.717, 1.165) is 48.1 Å². The molecule has 2 aromatic carbocycles. The summed E-state index contributed by atoms with van der Waals surface area (Å²) in [6.07, 6.45) is 1.31. The molecular weight excluding hydrogens is 566 g/mol. The maximum atomic E-state index is 12.4. The van der Waals surface area contributed by atoms with Crippen molar-refractivity contribution in [3.8, 4) is 11.3 Å².